The molecular formula is C24H21ClN6O2. The molecule has 0 saturated carbocycles. The highest BCUT2D eigenvalue weighted by Crippen LogP contribution is 2.29. The fourth-order valence-corrected chi connectivity index (χ4v) is 4.30. The van der Waals surface area contributed by atoms with Crippen LogP contribution in [-0.4, -0.2) is 42.6 Å². The molecule has 5 rings (SSSR count). The van der Waals surface area contributed by atoms with Gasteiger partial charge in [0.15, 0.2) is 0 Å². The molecule has 0 fully saturated rings. The number of aromatic nitrogens is 4. The highest BCUT2D eigenvalue weighted by molar-refractivity contribution is 6.30. The van der Waals surface area contributed by atoms with Gasteiger partial charge in [-0.1, -0.05) is 35.9 Å². The molecule has 8 nitrogen and oxygen atoms in total. The Labute approximate surface area is 195 Å². The van der Waals surface area contributed by atoms with Gasteiger partial charge in [0.2, 0.25) is 5.91 Å². The number of nitrogens with two attached hydrogens (primary N) is 1. The molecule has 2 amide bonds. The average Bonchev–Trinajstić information content (AvgIpc) is 3.47. The largest absolute Gasteiger partial charge is 0.365 e. The molecule has 0 unspecified atom stereocenters. The summed E-state index contributed by atoms with van der Waals surface area (Å²) in [4.78, 5) is 31.2. The first-order valence-corrected chi connectivity index (χ1v) is 10.9. The molecule has 0 aliphatic carbocycles. The predicted molar refractivity (Wildman–Crippen MR) is 124 cm³/mol. The van der Waals surface area contributed by atoms with Crippen LogP contribution in [-0.2, 0) is 24.3 Å². The van der Waals surface area contributed by atoms with E-state index < -0.39 is 5.91 Å². The van der Waals surface area contributed by atoms with Crippen LogP contribution >= 0.6 is 11.6 Å². The average molecular weight is 461 g/mol. The van der Waals surface area contributed by atoms with E-state index in [-0.39, 0.29) is 18.9 Å². The van der Waals surface area contributed by atoms with E-state index in [0.717, 1.165) is 11.3 Å². The maximum atomic E-state index is 13.0. The third-order valence-corrected chi connectivity index (χ3v) is 6.01. The van der Waals surface area contributed by atoms with Gasteiger partial charge in [-0.05, 0) is 29.8 Å². The van der Waals surface area contributed by atoms with Gasteiger partial charge in [0.25, 0.3) is 5.91 Å². The lowest BCUT2D eigenvalue weighted by atomic mass is 10.0. The topological polar surface area (TPSA) is 99.0 Å². The number of carbonyl (C=O) groups excluding carboxylic acids is 2. The van der Waals surface area contributed by atoms with Crippen LogP contribution in [0.1, 0.15) is 21.6 Å². The van der Waals surface area contributed by atoms with Crippen molar-refractivity contribution in [3.8, 4) is 16.9 Å². The van der Waals surface area contributed by atoms with Crippen molar-refractivity contribution in [2.75, 3.05) is 6.54 Å². The molecule has 3 heterocycles. The number of primary amides is 1. The SMILES string of the molecule is NC(=O)c1c(-c2cccc(Cl)c2)nn2c1CN(C(=O)Cc1ccc(-n3ccnc3)cc1)CC2. The molecule has 0 spiro atoms. The van der Waals surface area contributed by atoms with Crippen molar-refractivity contribution in [3.63, 3.8) is 0 Å². The van der Waals surface area contributed by atoms with Crippen LogP contribution in [0, 0.1) is 0 Å². The molecule has 4 aromatic rings. The van der Waals surface area contributed by atoms with Crippen molar-refractivity contribution in [2.24, 2.45) is 5.73 Å². The lowest BCUT2D eigenvalue weighted by Gasteiger charge is -2.28. The third kappa shape index (κ3) is 4.12. The van der Waals surface area contributed by atoms with Gasteiger partial charge in [-0.25, -0.2) is 4.98 Å². The summed E-state index contributed by atoms with van der Waals surface area (Å²) in [5.41, 5.74) is 9.80. The molecule has 166 valence electrons. The summed E-state index contributed by atoms with van der Waals surface area (Å²) in [6, 6.07) is 14.9. The number of nitrogens with zero attached hydrogens (tertiary/aromatic N) is 5. The maximum absolute atomic E-state index is 13.0. The summed E-state index contributed by atoms with van der Waals surface area (Å²) in [6.07, 6.45) is 5.58. The Morgan fingerprint density at radius 3 is 2.61 bits per heavy atom. The van der Waals surface area contributed by atoms with Crippen LogP contribution in [0.25, 0.3) is 16.9 Å². The summed E-state index contributed by atoms with van der Waals surface area (Å²) < 4.78 is 3.67. The molecule has 0 radical (unpaired) electrons. The van der Waals surface area contributed by atoms with Crippen LogP contribution in [0.5, 0.6) is 0 Å². The number of carbonyl (C=O) groups is 2. The van der Waals surface area contributed by atoms with Gasteiger partial charge in [0, 0.05) is 35.2 Å². The number of hydrogen-bond donors (Lipinski definition) is 1. The van der Waals surface area contributed by atoms with E-state index in [0.29, 0.717) is 40.6 Å². The van der Waals surface area contributed by atoms with Crippen molar-refractivity contribution >= 4 is 23.4 Å². The van der Waals surface area contributed by atoms with Crippen LogP contribution in [0.2, 0.25) is 5.02 Å². The number of amides is 2. The number of imidazole rings is 1. The minimum absolute atomic E-state index is 0.0162. The number of fused-ring (bicyclic) bond motifs is 1. The zero-order valence-corrected chi connectivity index (χ0v) is 18.4. The van der Waals surface area contributed by atoms with Gasteiger partial charge in [0.05, 0.1) is 37.1 Å². The minimum Gasteiger partial charge on any atom is -0.365 e. The summed E-state index contributed by atoms with van der Waals surface area (Å²) in [7, 11) is 0. The van der Waals surface area contributed by atoms with Gasteiger partial charge in [-0.15, -0.1) is 0 Å². The van der Waals surface area contributed by atoms with E-state index >= 15 is 0 Å². The van der Waals surface area contributed by atoms with Crippen LogP contribution < -0.4 is 5.73 Å². The lowest BCUT2D eigenvalue weighted by molar-refractivity contribution is -0.132. The number of rotatable bonds is 5. The van der Waals surface area contributed by atoms with Gasteiger partial charge in [0.1, 0.15) is 5.69 Å². The standard InChI is InChI=1S/C24H21ClN6O2/c25-18-3-1-2-17(13-18)23-22(24(26)33)20-14-29(10-11-31(20)28-23)21(32)12-16-4-6-19(7-5-16)30-9-8-27-15-30/h1-9,13,15H,10-12,14H2,(H2,26,33). The Morgan fingerprint density at radius 1 is 1.09 bits per heavy atom. The molecule has 33 heavy (non-hydrogen) atoms. The van der Waals surface area contributed by atoms with E-state index in [9.17, 15) is 9.59 Å². The van der Waals surface area contributed by atoms with E-state index in [1.807, 2.05) is 41.1 Å². The maximum Gasteiger partial charge on any atom is 0.252 e. The second-order valence-electron chi connectivity index (χ2n) is 7.90. The van der Waals surface area contributed by atoms with Crippen molar-refractivity contribution in [1.29, 1.82) is 0 Å². The summed E-state index contributed by atoms with van der Waals surface area (Å²) in [5, 5.41) is 5.15. The molecule has 2 aromatic carbocycles. The van der Waals surface area contributed by atoms with Crippen molar-refractivity contribution < 1.29 is 9.59 Å². The minimum atomic E-state index is -0.574. The molecule has 1 aliphatic rings. The van der Waals surface area contributed by atoms with Crippen LogP contribution in [0.4, 0.5) is 0 Å². The number of hydrogen-bond acceptors (Lipinski definition) is 4. The Kier molecular flexibility index (Phi) is 5.43. The normalized spacial score (nSPS) is 13.1. The summed E-state index contributed by atoms with van der Waals surface area (Å²) in [6.45, 7) is 1.27. The molecule has 9 heteroatoms. The second kappa shape index (κ2) is 8.55. The fourth-order valence-electron chi connectivity index (χ4n) is 4.11. The quantitative estimate of drug-likeness (QED) is 0.494. The third-order valence-electron chi connectivity index (χ3n) is 5.77. The monoisotopic (exact) mass is 460 g/mol. The molecule has 0 saturated heterocycles. The first-order valence-electron chi connectivity index (χ1n) is 10.5. The predicted octanol–water partition coefficient (Wildman–Crippen LogP) is 3.07. The number of benzene rings is 2. The highest BCUT2D eigenvalue weighted by atomic mass is 35.5. The fraction of sp³-hybridized carbons (Fsp3) is 0.167. The molecule has 2 N–H and O–H groups in total. The van der Waals surface area contributed by atoms with Crippen LogP contribution in [0.3, 0.4) is 0 Å². The van der Waals surface area contributed by atoms with Crippen molar-refractivity contribution in [2.45, 2.75) is 19.5 Å². The van der Waals surface area contributed by atoms with Crippen LogP contribution in [0.15, 0.2) is 67.3 Å². The molecular weight excluding hydrogens is 440 g/mol. The van der Waals surface area contributed by atoms with Gasteiger partial charge >= 0.3 is 0 Å². The lowest BCUT2D eigenvalue weighted by Crippen LogP contribution is -2.40. The first kappa shape index (κ1) is 21.0. The molecule has 2 aromatic heterocycles. The number of halogens is 1. The molecule has 1 aliphatic heterocycles. The van der Waals surface area contributed by atoms with E-state index in [1.54, 1.807) is 40.3 Å². The zero-order chi connectivity index (χ0) is 22.9. The van der Waals surface area contributed by atoms with E-state index in [4.69, 9.17) is 17.3 Å². The van der Waals surface area contributed by atoms with Gasteiger partial charge < -0.3 is 15.2 Å². The Hall–Kier alpha value is -3.91. The molecule has 0 bridgehead atoms. The van der Waals surface area contributed by atoms with Crippen molar-refractivity contribution in [1.82, 2.24) is 24.2 Å². The second-order valence-corrected chi connectivity index (χ2v) is 8.33. The highest BCUT2D eigenvalue weighted by Gasteiger charge is 2.29. The Balaban J connectivity index is 1.36. The van der Waals surface area contributed by atoms with Gasteiger partial charge in [-0.2, -0.15) is 5.10 Å². The smallest absolute Gasteiger partial charge is 0.252 e. The van der Waals surface area contributed by atoms with Crippen molar-refractivity contribution in [3.05, 3.63) is 89.1 Å². The molecule has 0 atom stereocenters. The zero-order valence-electron chi connectivity index (χ0n) is 17.7. The Bertz CT molecular complexity index is 1330. The summed E-state index contributed by atoms with van der Waals surface area (Å²) >= 11 is 6.13. The Morgan fingerprint density at radius 2 is 1.91 bits per heavy atom. The summed E-state index contributed by atoms with van der Waals surface area (Å²) in [5.74, 6) is -0.590. The van der Waals surface area contributed by atoms with E-state index in [1.165, 1.54) is 0 Å². The van der Waals surface area contributed by atoms with Gasteiger partial charge in [-0.3, -0.25) is 14.3 Å². The first-order chi connectivity index (χ1) is 16.0. The van der Waals surface area contributed by atoms with E-state index in [2.05, 4.69) is 10.1 Å².